The Balaban J connectivity index is 1.53. The number of hydrogen-bond donors (Lipinski definition) is 1. The highest BCUT2D eigenvalue weighted by Crippen LogP contribution is 2.30. The van der Waals surface area contributed by atoms with E-state index >= 15 is 0 Å². The van der Waals surface area contributed by atoms with Crippen molar-refractivity contribution < 1.29 is 4.74 Å². The summed E-state index contributed by atoms with van der Waals surface area (Å²) in [5, 5.41) is 3.56. The van der Waals surface area contributed by atoms with Crippen LogP contribution in [0.25, 0.3) is 0 Å². The number of ether oxygens (including phenoxy) is 1. The Morgan fingerprint density at radius 2 is 1.86 bits per heavy atom. The van der Waals surface area contributed by atoms with Gasteiger partial charge in [0.15, 0.2) is 0 Å². The molecule has 1 N–H and O–H groups in total. The summed E-state index contributed by atoms with van der Waals surface area (Å²) in [7, 11) is 0. The molecule has 21 heavy (non-hydrogen) atoms. The van der Waals surface area contributed by atoms with Crippen molar-refractivity contribution in [1.82, 2.24) is 5.32 Å². The molecule has 0 amide bonds. The third-order valence-electron chi connectivity index (χ3n) is 4.43. The highest BCUT2D eigenvalue weighted by atomic mass is 16.5. The van der Waals surface area contributed by atoms with Crippen LogP contribution in [0.1, 0.15) is 36.0 Å². The molecule has 0 bridgehead atoms. The minimum Gasteiger partial charge on any atom is -0.457 e. The molecule has 0 aliphatic heterocycles. The van der Waals surface area contributed by atoms with Crippen LogP contribution in [0.2, 0.25) is 0 Å². The van der Waals surface area contributed by atoms with Crippen LogP contribution in [0.4, 0.5) is 0 Å². The maximum Gasteiger partial charge on any atom is 0.131 e. The SMILES string of the molecule is c1ccc(Oc2ccc3c(c2)CCC3)c(CNC2CC2)c1. The zero-order valence-electron chi connectivity index (χ0n) is 12.3. The summed E-state index contributed by atoms with van der Waals surface area (Å²) in [5.74, 6) is 1.94. The van der Waals surface area contributed by atoms with Crippen molar-refractivity contribution in [1.29, 1.82) is 0 Å². The van der Waals surface area contributed by atoms with E-state index in [1.807, 2.05) is 6.07 Å². The Kier molecular flexibility index (Phi) is 3.40. The van der Waals surface area contributed by atoms with Gasteiger partial charge in [0.25, 0.3) is 0 Å². The molecule has 0 radical (unpaired) electrons. The summed E-state index contributed by atoms with van der Waals surface area (Å²) in [6, 6.07) is 15.6. The van der Waals surface area contributed by atoms with Gasteiger partial charge in [0.1, 0.15) is 11.5 Å². The van der Waals surface area contributed by atoms with Crippen LogP contribution in [-0.4, -0.2) is 6.04 Å². The van der Waals surface area contributed by atoms with Gasteiger partial charge >= 0.3 is 0 Å². The Labute approximate surface area is 126 Å². The summed E-state index contributed by atoms with van der Waals surface area (Å²) < 4.78 is 6.15. The van der Waals surface area contributed by atoms with Gasteiger partial charge in [-0.15, -0.1) is 0 Å². The lowest BCUT2D eigenvalue weighted by atomic mass is 10.1. The lowest BCUT2D eigenvalue weighted by Crippen LogP contribution is -2.15. The van der Waals surface area contributed by atoms with Crippen LogP contribution in [0.3, 0.4) is 0 Å². The van der Waals surface area contributed by atoms with Crippen LogP contribution >= 0.6 is 0 Å². The van der Waals surface area contributed by atoms with Crippen LogP contribution in [0.5, 0.6) is 11.5 Å². The average Bonchev–Trinajstić information content (AvgIpc) is 3.22. The molecule has 2 aromatic rings. The molecule has 0 atom stereocenters. The van der Waals surface area contributed by atoms with E-state index in [0.29, 0.717) is 0 Å². The fourth-order valence-corrected chi connectivity index (χ4v) is 3.03. The zero-order valence-corrected chi connectivity index (χ0v) is 12.3. The molecule has 2 heteroatoms. The molecule has 0 aromatic heterocycles. The highest BCUT2D eigenvalue weighted by molar-refractivity contribution is 5.42. The van der Waals surface area contributed by atoms with Crippen LogP contribution < -0.4 is 10.1 Å². The summed E-state index contributed by atoms with van der Waals surface area (Å²) in [5.41, 5.74) is 4.19. The molecule has 108 valence electrons. The quantitative estimate of drug-likeness (QED) is 0.884. The minimum atomic E-state index is 0.720. The number of hydrogen-bond acceptors (Lipinski definition) is 2. The fraction of sp³-hybridized carbons (Fsp3) is 0.368. The van der Waals surface area contributed by atoms with Gasteiger partial charge in [-0.3, -0.25) is 0 Å². The molecule has 0 unspecified atom stereocenters. The standard InChI is InChI=1S/C19H21NO/c1-2-7-19(16(4-1)13-20-17-9-10-17)21-18-11-8-14-5-3-6-15(14)12-18/h1-2,4,7-8,11-12,17,20H,3,5-6,9-10,13H2. The topological polar surface area (TPSA) is 21.3 Å². The van der Waals surface area contributed by atoms with Crippen molar-refractivity contribution in [2.75, 3.05) is 0 Å². The van der Waals surface area contributed by atoms with Crippen molar-refractivity contribution in [2.45, 2.75) is 44.7 Å². The van der Waals surface area contributed by atoms with E-state index in [4.69, 9.17) is 4.74 Å². The minimum absolute atomic E-state index is 0.720. The summed E-state index contributed by atoms with van der Waals surface area (Å²) in [6.07, 6.45) is 6.32. The van der Waals surface area contributed by atoms with E-state index in [9.17, 15) is 0 Å². The Morgan fingerprint density at radius 1 is 1.00 bits per heavy atom. The number of benzene rings is 2. The van der Waals surface area contributed by atoms with Crippen LogP contribution in [0, 0.1) is 0 Å². The van der Waals surface area contributed by atoms with Gasteiger partial charge in [0, 0.05) is 18.2 Å². The molecule has 2 aliphatic carbocycles. The first-order chi connectivity index (χ1) is 10.4. The molecule has 2 aromatic carbocycles. The number of aryl methyl sites for hydroxylation is 2. The smallest absolute Gasteiger partial charge is 0.131 e. The predicted molar refractivity (Wildman–Crippen MR) is 84.8 cm³/mol. The predicted octanol–water partition coefficient (Wildman–Crippen LogP) is 4.22. The first-order valence-corrected chi connectivity index (χ1v) is 7.99. The first-order valence-electron chi connectivity index (χ1n) is 7.99. The van der Waals surface area contributed by atoms with Crippen LogP contribution in [0.15, 0.2) is 42.5 Å². The zero-order chi connectivity index (χ0) is 14.1. The largest absolute Gasteiger partial charge is 0.457 e. The second-order valence-electron chi connectivity index (χ2n) is 6.15. The second kappa shape index (κ2) is 5.53. The van der Waals surface area contributed by atoms with Crippen molar-refractivity contribution in [2.24, 2.45) is 0 Å². The molecule has 0 saturated heterocycles. The average molecular weight is 279 g/mol. The van der Waals surface area contributed by atoms with Crippen molar-refractivity contribution >= 4 is 0 Å². The van der Waals surface area contributed by atoms with Gasteiger partial charge in [-0.1, -0.05) is 24.3 Å². The third-order valence-corrected chi connectivity index (χ3v) is 4.43. The van der Waals surface area contributed by atoms with Gasteiger partial charge in [-0.2, -0.15) is 0 Å². The maximum absolute atomic E-state index is 6.15. The van der Waals surface area contributed by atoms with Crippen LogP contribution in [-0.2, 0) is 19.4 Å². The summed E-state index contributed by atoms with van der Waals surface area (Å²) in [4.78, 5) is 0. The fourth-order valence-electron chi connectivity index (χ4n) is 3.03. The number of rotatable bonds is 5. The van der Waals surface area contributed by atoms with E-state index in [1.54, 1.807) is 0 Å². The molecular weight excluding hydrogens is 258 g/mol. The lowest BCUT2D eigenvalue weighted by molar-refractivity contribution is 0.472. The summed E-state index contributed by atoms with van der Waals surface area (Å²) in [6.45, 7) is 0.895. The van der Waals surface area contributed by atoms with Gasteiger partial charge in [0.05, 0.1) is 0 Å². The van der Waals surface area contributed by atoms with E-state index in [2.05, 4.69) is 41.7 Å². The second-order valence-corrected chi connectivity index (χ2v) is 6.15. The highest BCUT2D eigenvalue weighted by Gasteiger charge is 2.20. The molecule has 1 fully saturated rings. The Hall–Kier alpha value is -1.80. The van der Waals surface area contributed by atoms with E-state index in [-0.39, 0.29) is 0 Å². The monoisotopic (exact) mass is 279 g/mol. The Morgan fingerprint density at radius 3 is 2.76 bits per heavy atom. The van der Waals surface area contributed by atoms with Gasteiger partial charge in [0.2, 0.25) is 0 Å². The number of nitrogens with one attached hydrogen (secondary N) is 1. The van der Waals surface area contributed by atoms with E-state index in [1.165, 1.54) is 48.8 Å². The van der Waals surface area contributed by atoms with E-state index < -0.39 is 0 Å². The molecule has 2 nitrogen and oxygen atoms in total. The molecule has 4 rings (SSSR count). The molecule has 0 heterocycles. The first kappa shape index (κ1) is 12.9. The normalized spacial score (nSPS) is 16.8. The molecular formula is C19H21NO. The maximum atomic E-state index is 6.15. The van der Waals surface area contributed by atoms with Crippen molar-refractivity contribution in [3.63, 3.8) is 0 Å². The third kappa shape index (κ3) is 2.96. The number of para-hydroxylation sites is 1. The van der Waals surface area contributed by atoms with Crippen molar-refractivity contribution in [3.05, 3.63) is 59.2 Å². The lowest BCUT2D eigenvalue weighted by Gasteiger charge is -2.12. The van der Waals surface area contributed by atoms with Gasteiger partial charge < -0.3 is 10.1 Å². The molecule has 0 spiro atoms. The number of fused-ring (bicyclic) bond motifs is 1. The Bertz CT molecular complexity index is 646. The molecule has 1 saturated carbocycles. The van der Waals surface area contributed by atoms with E-state index in [0.717, 1.165) is 24.1 Å². The summed E-state index contributed by atoms with van der Waals surface area (Å²) >= 11 is 0. The van der Waals surface area contributed by atoms with Gasteiger partial charge in [-0.05, 0) is 61.4 Å². The van der Waals surface area contributed by atoms with Crippen molar-refractivity contribution in [3.8, 4) is 11.5 Å². The van der Waals surface area contributed by atoms with Gasteiger partial charge in [-0.25, -0.2) is 0 Å². The molecule has 2 aliphatic rings.